The molecule has 1 atom stereocenters. The van der Waals surface area contributed by atoms with Crippen molar-refractivity contribution in [2.45, 2.75) is 33.2 Å². The van der Waals surface area contributed by atoms with E-state index in [4.69, 9.17) is 9.47 Å². The summed E-state index contributed by atoms with van der Waals surface area (Å²) in [6.07, 6.45) is 1.01. The lowest BCUT2D eigenvalue weighted by Crippen LogP contribution is -2.21. The molecule has 1 N–H and O–H groups in total. The number of rotatable bonds is 7. The summed E-state index contributed by atoms with van der Waals surface area (Å²) in [5.74, 6) is 0.926. The van der Waals surface area contributed by atoms with Gasteiger partial charge in [-0.05, 0) is 38.0 Å². The average Bonchev–Trinajstić information content (AvgIpc) is 2.30. The van der Waals surface area contributed by atoms with Gasteiger partial charge in [0.15, 0.2) is 0 Å². The maximum absolute atomic E-state index is 5.74. The lowest BCUT2D eigenvalue weighted by molar-refractivity contribution is 0.190. The molecule has 0 fully saturated rings. The number of hydrogen-bond donors (Lipinski definition) is 1. The standard InChI is InChI=1S/C14H23NO2/c1-5-8-17-14-9-11(2)6-7-13(14)15-12(3)10-16-4/h6-7,9,12,15H,5,8,10H2,1-4H3. The Hall–Kier alpha value is -1.22. The van der Waals surface area contributed by atoms with Gasteiger partial charge in [-0.2, -0.15) is 0 Å². The second-order valence-electron chi connectivity index (χ2n) is 4.35. The van der Waals surface area contributed by atoms with Gasteiger partial charge in [-0.1, -0.05) is 13.0 Å². The van der Waals surface area contributed by atoms with Gasteiger partial charge >= 0.3 is 0 Å². The first kappa shape index (κ1) is 13.8. The number of methoxy groups -OCH3 is 1. The molecule has 0 bridgehead atoms. The van der Waals surface area contributed by atoms with Gasteiger partial charge in [0.2, 0.25) is 0 Å². The monoisotopic (exact) mass is 237 g/mol. The predicted octanol–water partition coefficient (Wildman–Crippen LogP) is 3.23. The van der Waals surface area contributed by atoms with Gasteiger partial charge in [-0.15, -0.1) is 0 Å². The Balaban J connectivity index is 2.74. The minimum absolute atomic E-state index is 0.270. The van der Waals surface area contributed by atoms with Crippen molar-refractivity contribution >= 4 is 5.69 Å². The molecule has 96 valence electrons. The largest absolute Gasteiger partial charge is 0.491 e. The fraction of sp³-hybridized carbons (Fsp3) is 0.571. The molecule has 0 aliphatic carbocycles. The molecular formula is C14H23NO2. The van der Waals surface area contributed by atoms with E-state index in [0.717, 1.165) is 24.5 Å². The minimum Gasteiger partial charge on any atom is -0.491 e. The fourth-order valence-electron chi connectivity index (χ4n) is 1.64. The highest BCUT2D eigenvalue weighted by atomic mass is 16.5. The third-order valence-corrected chi connectivity index (χ3v) is 2.42. The molecule has 3 heteroatoms. The lowest BCUT2D eigenvalue weighted by Gasteiger charge is -2.18. The van der Waals surface area contributed by atoms with Crippen LogP contribution < -0.4 is 10.1 Å². The molecule has 0 aliphatic rings. The molecule has 1 aromatic rings. The van der Waals surface area contributed by atoms with E-state index in [1.807, 2.05) is 0 Å². The molecule has 0 saturated carbocycles. The summed E-state index contributed by atoms with van der Waals surface area (Å²) in [7, 11) is 1.71. The molecule has 0 amide bonds. The second-order valence-corrected chi connectivity index (χ2v) is 4.35. The first-order chi connectivity index (χ1) is 8.17. The van der Waals surface area contributed by atoms with Crippen molar-refractivity contribution < 1.29 is 9.47 Å². The van der Waals surface area contributed by atoms with Crippen molar-refractivity contribution in [1.29, 1.82) is 0 Å². The summed E-state index contributed by atoms with van der Waals surface area (Å²) >= 11 is 0. The summed E-state index contributed by atoms with van der Waals surface area (Å²) in [5, 5.41) is 3.40. The van der Waals surface area contributed by atoms with Crippen molar-refractivity contribution in [3.8, 4) is 5.75 Å². The molecule has 17 heavy (non-hydrogen) atoms. The van der Waals surface area contributed by atoms with Crippen LogP contribution in [0, 0.1) is 6.92 Å². The number of ether oxygens (including phenoxy) is 2. The maximum atomic E-state index is 5.74. The van der Waals surface area contributed by atoms with E-state index in [1.165, 1.54) is 5.56 Å². The topological polar surface area (TPSA) is 30.5 Å². The molecule has 1 unspecified atom stereocenters. The first-order valence-electron chi connectivity index (χ1n) is 6.16. The summed E-state index contributed by atoms with van der Waals surface area (Å²) < 4.78 is 10.9. The molecule has 0 spiro atoms. The van der Waals surface area contributed by atoms with Gasteiger partial charge < -0.3 is 14.8 Å². The Bertz CT molecular complexity index is 339. The van der Waals surface area contributed by atoms with Gasteiger partial charge in [-0.25, -0.2) is 0 Å². The van der Waals surface area contributed by atoms with Crippen LogP contribution in [0.5, 0.6) is 5.75 Å². The highest BCUT2D eigenvalue weighted by Gasteiger charge is 2.07. The number of hydrogen-bond acceptors (Lipinski definition) is 3. The number of nitrogens with one attached hydrogen (secondary N) is 1. The summed E-state index contributed by atoms with van der Waals surface area (Å²) in [4.78, 5) is 0. The van der Waals surface area contributed by atoms with Crippen LogP contribution in [0.4, 0.5) is 5.69 Å². The zero-order valence-corrected chi connectivity index (χ0v) is 11.2. The van der Waals surface area contributed by atoms with Crippen LogP contribution in [0.25, 0.3) is 0 Å². The highest BCUT2D eigenvalue weighted by Crippen LogP contribution is 2.26. The Kier molecular flexibility index (Phi) is 5.84. The van der Waals surface area contributed by atoms with E-state index >= 15 is 0 Å². The van der Waals surface area contributed by atoms with Gasteiger partial charge in [-0.3, -0.25) is 0 Å². The minimum atomic E-state index is 0.270. The van der Waals surface area contributed by atoms with Crippen LogP contribution in [0.2, 0.25) is 0 Å². The van der Waals surface area contributed by atoms with E-state index in [-0.39, 0.29) is 6.04 Å². The van der Waals surface area contributed by atoms with Crippen LogP contribution in [0.3, 0.4) is 0 Å². The van der Waals surface area contributed by atoms with Gasteiger partial charge in [0.1, 0.15) is 5.75 Å². The van der Waals surface area contributed by atoms with E-state index in [2.05, 4.69) is 44.3 Å². The van der Waals surface area contributed by atoms with Gasteiger partial charge in [0.25, 0.3) is 0 Å². The molecule has 0 radical (unpaired) electrons. The zero-order valence-electron chi connectivity index (χ0n) is 11.2. The molecule has 3 nitrogen and oxygen atoms in total. The first-order valence-corrected chi connectivity index (χ1v) is 6.16. The van der Waals surface area contributed by atoms with Crippen LogP contribution in [0.1, 0.15) is 25.8 Å². The quantitative estimate of drug-likeness (QED) is 0.789. The molecule has 1 aromatic carbocycles. The third-order valence-electron chi connectivity index (χ3n) is 2.42. The third kappa shape index (κ3) is 4.65. The van der Waals surface area contributed by atoms with E-state index in [0.29, 0.717) is 6.61 Å². The van der Waals surface area contributed by atoms with E-state index in [1.54, 1.807) is 7.11 Å². The Morgan fingerprint density at radius 2 is 2.12 bits per heavy atom. The predicted molar refractivity (Wildman–Crippen MR) is 71.9 cm³/mol. The molecule has 0 aromatic heterocycles. The SMILES string of the molecule is CCCOc1cc(C)ccc1NC(C)COC. The van der Waals surface area contributed by atoms with Crippen LogP contribution in [0.15, 0.2) is 18.2 Å². The van der Waals surface area contributed by atoms with E-state index < -0.39 is 0 Å². The van der Waals surface area contributed by atoms with Crippen molar-refractivity contribution in [3.63, 3.8) is 0 Å². The van der Waals surface area contributed by atoms with Crippen LogP contribution in [-0.4, -0.2) is 26.4 Å². The highest BCUT2D eigenvalue weighted by molar-refractivity contribution is 5.58. The smallest absolute Gasteiger partial charge is 0.142 e. The van der Waals surface area contributed by atoms with Gasteiger partial charge in [0, 0.05) is 13.2 Å². The molecule has 0 heterocycles. The molecule has 0 saturated heterocycles. The van der Waals surface area contributed by atoms with Crippen molar-refractivity contribution in [3.05, 3.63) is 23.8 Å². The van der Waals surface area contributed by atoms with E-state index in [9.17, 15) is 0 Å². The maximum Gasteiger partial charge on any atom is 0.142 e. The Morgan fingerprint density at radius 3 is 2.76 bits per heavy atom. The summed E-state index contributed by atoms with van der Waals surface area (Å²) in [6.45, 7) is 7.70. The average molecular weight is 237 g/mol. The lowest BCUT2D eigenvalue weighted by atomic mass is 10.2. The summed E-state index contributed by atoms with van der Waals surface area (Å²) in [6, 6.07) is 6.48. The molecule has 1 rings (SSSR count). The molecule has 0 aliphatic heterocycles. The number of benzene rings is 1. The van der Waals surface area contributed by atoms with Crippen molar-refractivity contribution in [2.75, 3.05) is 25.6 Å². The fourth-order valence-corrected chi connectivity index (χ4v) is 1.64. The molecular weight excluding hydrogens is 214 g/mol. The zero-order chi connectivity index (χ0) is 12.7. The van der Waals surface area contributed by atoms with Crippen LogP contribution in [-0.2, 0) is 4.74 Å². The Labute approximate surface area is 104 Å². The number of aryl methyl sites for hydroxylation is 1. The van der Waals surface area contributed by atoms with Crippen molar-refractivity contribution in [2.24, 2.45) is 0 Å². The normalized spacial score (nSPS) is 12.2. The number of anilines is 1. The van der Waals surface area contributed by atoms with Crippen molar-refractivity contribution in [1.82, 2.24) is 0 Å². The second kappa shape index (κ2) is 7.17. The van der Waals surface area contributed by atoms with Crippen LogP contribution >= 0.6 is 0 Å². The van der Waals surface area contributed by atoms with Gasteiger partial charge in [0.05, 0.1) is 18.9 Å². The Morgan fingerprint density at radius 1 is 1.35 bits per heavy atom. The summed E-state index contributed by atoms with van der Waals surface area (Å²) in [5.41, 5.74) is 2.25.